The summed E-state index contributed by atoms with van der Waals surface area (Å²) in [4.78, 5) is 41.2. The smallest absolute Gasteiger partial charge is 0.286 e. The summed E-state index contributed by atoms with van der Waals surface area (Å²) in [7, 11) is 3.34. The highest BCUT2D eigenvalue weighted by Gasteiger charge is 2.36. The van der Waals surface area contributed by atoms with Crippen molar-refractivity contribution in [2.75, 3.05) is 37.6 Å². The van der Waals surface area contributed by atoms with Gasteiger partial charge in [0.25, 0.3) is 5.24 Å². The predicted molar refractivity (Wildman–Crippen MR) is 113 cm³/mol. The molecular weight excluding hydrogens is 406 g/mol. The fourth-order valence-corrected chi connectivity index (χ4v) is 4.01. The molecule has 2 aliphatic rings. The van der Waals surface area contributed by atoms with Gasteiger partial charge in [0.05, 0.1) is 11.6 Å². The van der Waals surface area contributed by atoms with Crippen molar-refractivity contribution in [3.05, 3.63) is 42.5 Å². The van der Waals surface area contributed by atoms with Crippen molar-refractivity contribution in [1.29, 1.82) is 0 Å². The van der Waals surface area contributed by atoms with Crippen molar-refractivity contribution in [3.63, 3.8) is 0 Å². The maximum absolute atomic E-state index is 12.9. The first kappa shape index (κ1) is 20.1. The average molecular weight is 427 g/mol. The fraction of sp³-hybridized carbons (Fsp3) is 0.286. The van der Waals surface area contributed by atoms with Crippen LogP contribution in [0.5, 0.6) is 11.5 Å². The molecule has 0 saturated carbocycles. The number of para-hydroxylation sites is 1. The van der Waals surface area contributed by atoms with Crippen molar-refractivity contribution in [3.8, 4) is 11.5 Å². The third-order valence-electron chi connectivity index (χ3n) is 4.87. The number of rotatable bonds is 4. The normalized spacial score (nSPS) is 17.2. The number of thioether (sulfide) groups is 1. The van der Waals surface area contributed by atoms with Crippen LogP contribution in [0.3, 0.4) is 0 Å². The van der Waals surface area contributed by atoms with Crippen molar-refractivity contribution in [2.24, 2.45) is 5.92 Å². The van der Waals surface area contributed by atoms with Gasteiger partial charge in [0.2, 0.25) is 18.6 Å². The van der Waals surface area contributed by atoms with Crippen LogP contribution in [0, 0.1) is 5.92 Å². The number of fused-ring (bicyclic) bond motifs is 1. The Kier molecular flexibility index (Phi) is 5.54. The minimum Gasteiger partial charge on any atom is -0.454 e. The topological polar surface area (TPSA) is 88.2 Å². The summed E-state index contributed by atoms with van der Waals surface area (Å²) < 4.78 is 10.7. The van der Waals surface area contributed by atoms with Gasteiger partial charge in [0.1, 0.15) is 0 Å². The quantitative estimate of drug-likeness (QED) is 0.754. The second-order valence-electron chi connectivity index (χ2n) is 7.19. The van der Waals surface area contributed by atoms with Crippen LogP contribution in [0.15, 0.2) is 47.4 Å². The molecule has 156 valence electrons. The van der Waals surface area contributed by atoms with Crippen LogP contribution in [0.25, 0.3) is 0 Å². The third-order valence-corrected chi connectivity index (χ3v) is 5.99. The molecule has 2 aliphatic heterocycles. The molecule has 0 aromatic heterocycles. The van der Waals surface area contributed by atoms with E-state index in [0.717, 1.165) is 11.8 Å². The third kappa shape index (κ3) is 4.06. The van der Waals surface area contributed by atoms with E-state index in [9.17, 15) is 14.4 Å². The van der Waals surface area contributed by atoms with Gasteiger partial charge in [-0.05, 0) is 36.0 Å². The lowest BCUT2D eigenvalue weighted by atomic mass is 10.1. The van der Waals surface area contributed by atoms with E-state index in [0.29, 0.717) is 27.8 Å². The summed E-state index contributed by atoms with van der Waals surface area (Å²) >= 11 is 1.04. The van der Waals surface area contributed by atoms with Gasteiger partial charge >= 0.3 is 0 Å². The van der Waals surface area contributed by atoms with E-state index in [-0.39, 0.29) is 36.8 Å². The summed E-state index contributed by atoms with van der Waals surface area (Å²) in [5.41, 5.74) is 1.23. The second-order valence-corrected chi connectivity index (χ2v) is 8.18. The van der Waals surface area contributed by atoms with Gasteiger partial charge in [-0.1, -0.05) is 12.1 Å². The number of nitrogens with zero attached hydrogens (tertiary/aromatic N) is 2. The van der Waals surface area contributed by atoms with Gasteiger partial charge in [-0.15, -0.1) is 0 Å². The van der Waals surface area contributed by atoms with Crippen molar-refractivity contribution < 1.29 is 23.9 Å². The molecule has 0 bridgehead atoms. The Morgan fingerprint density at radius 2 is 1.90 bits per heavy atom. The Morgan fingerprint density at radius 3 is 2.70 bits per heavy atom. The van der Waals surface area contributed by atoms with Crippen LogP contribution in [0.4, 0.5) is 16.2 Å². The highest BCUT2D eigenvalue weighted by molar-refractivity contribution is 8.13. The Balaban J connectivity index is 1.45. The molecule has 2 heterocycles. The molecule has 1 saturated heterocycles. The second kappa shape index (κ2) is 8.27. The van der Waals surface area contributed by atoms with E-state index in [1.54, 1.807) is 61.5 Å². The minimum atomic E-state index is -0.495. The molecule has 8 nitrogen and oxygen atoms in total. The minimum absolute atomic E-state index is 0.117. The standard InChI is InChI=1S/C21H21N3O5S/c1-23(2)21(27)30-18-6-4-3-5-15(18)22-20(26)13-9-19(25)24(11-13)14-7-8-16-17(10-14)29-12-28-16/h3-8,10,13H,9,11-12H2,1-2H3,(H,22,26). The van der Waals surface area contributed by atoms with Gasteiger partial charge in [0, 0.05) is 43.7 Å². The van der Waals surface area contributed by atoms with Crippen molar-refractivity contribution in [1.82, 2.24) is 4.90 Å². The molecule has 0 radical (unpaired) electrons. The molecular formula is C21H21N3O5S. The number of hydrogen-bond acceptors (Lipinski definition) is 6. The maximum atomic E-state index is 12.9. The monoisotopic (exact) mass is 427 g/mol. The lowest BCUT2D eigenvalue weighted by Crippen LogP contribution is -2.28. The molecule has 1 atom stereocenters. The summed E-state index contributed by atoms with van der Waals surface area (Å²) in [6.45, 7) is 0.432. The van der Waals surface area contributed by atoms with E-state index in [1.165, 1.54) is 4.90 Å². The number of benzene rings is 2. The Bertz CT molecular complexity index is 1010. The molecule has 1 fully saturated rings. The highest BCUT2D eigenvalue weighted by Crippen LogP contribution is 2.37. The predicted octanol–water partition coefficient (Wildman–Crippen LogP) is 3.18. The summed E-state index contributed by atoms with van der Waals surface area (Å²) in [6.07, 6.45) is 0.117. The van der Waals surface area contributed by atoms with Crippen molar-refractivity contribution in [2.45, 2.75) is 11.3 Å². The molecule has 2 aromatic carbocycles. The number of carbonyl (C=O) groups excluding carboxylic acids is 3. The first-order chi connectivity index (χ1) is 14.4. The molecule has 9 heteroatoms. The molecule has 1 N–H and O–H groups in total. The van der Waals surface area contributed by atoms with Gasteiger partial charge < -0.3 is 24.6 Å². The average Bonchev–Trinajstić information content (AvgIpc) is 3.35. The molecule has 3 amide bonds. The van der Waals surface area contributed by atoms with Crippen LogP contribution >= 0.6 is 11.8 Å². The van der Waals surface area contributed by atoms with Crippen molar-refractivity contribution >= 4 is 40.2 Å². The van der Waals surface area contributed by atoms with Crippen LogP contribution < -0.4 is 19.7 Å². The Labute approximate surface area is 178 Å². The van der Waals surface area contributed by atoms with Gasteiger partial charge in [-0.25, -0.2) is 0 Å². The zero-order valence-electron chi connectivity index (χ0n) is 16.6. The SMILES string of the molecule is CN(C)C(=O)Sc1ccccc1NC(=O)C1CC(=O)N(c2ccc3c(c2)OCO3)C1. The fourth-order valence-electron chi connectivity index (χ4n) is 3.26. The summed E-state index contributed by atoms with van der Waals surface area (Å²) in [6, 6.07) is 12.4. The van der Waals surface area contributed by atoms with E-state index in [1.807, 2.05) is 0 Å². The van der Waals surface area contributed by atoms with Crippen LogP contribution in [-0.4, -0.2) is 49.4 Å². The lowest BCUT2D eigenvalue weighted by Gasteiger charge is -2.18. The summed E-state index contributed by atoms with van der Waals surface area (Å²) in [5, 5.41) is 2.74. The van der Waals surface area contributed by atoms with Gasteiger partial charge in [-0.2, -0.15) is 0 Å². The Hall–Kier alpha value is -3.20. The number of ether oxygens (including phenoxy) is 2. The molecule has 4 rings (SSSR count). The lowest BCUT2D eigenvalue weighted by molar-refractivity contribution is -0.122. The molecule has 1 unspecified atom stereocenters. The number of anilines is 2. The number of hydrogen-bond donors (Lipinski definition) is 1. The number of carbonyl (C=O) groups is 3. The maximum Gasteiger partial charge on any atom is 0.286 e. The van der Waals surface area contributed by atoms with Crippen LogP contribution in [-0.2, 0) is 9.59 Å². The first-order valence-corrected chi connectivity index (χ1v) is 10.2. The van der Waals surface area contributed by atoms with E-state index < -0.39 is 5.92 Å². The highest BCUT2D eigenvalue weighted by atomic mass is 32.2. The molecule has 2 aromatic rings. The largest absolute Gasteiger partial charge is 0.454 e. The van der Waals surface area contributed by atoms with Gasteiger partial charge in [-0.3, -0.25) is 14.4 Å². The Morgan fingerprint density at radius 1 is 1.13 bits per heavy atom. The van der Waals surface area contributed by atoms with E-state index >= 15 is 0 Å². The van der Waals surface area contributed by atoms with Gasteiger partial charge in [0.15, 0.2) is 11.5 Å². The zero-order valence-corrected chi connectivity index (χ0v) is 17.4. The summed E-state index contributed by atoms with van der Waals surface area (Å²) in [5.74, 6) is 0.354. The molecule has 0 aliphatic carbocycles. The van der Waals surface area contributed by atoms with E-state index in [2.05, 4.69) is 5.32 Å². The molecule has 30 heavy (non-hydrogen) atoms. The first-order valence-electron chi connectivity index (χ1n) is 9.41. The number of amides is 3. The van der Waals surface area contributed by atoms with E-state index in [4.69, 9.17) is 9.47 Å². The van der Waals surface area contributed by atoms with Crippen LogP contribution in [0.2, 0.25) is 0 Å². The molecule has 0 spiro atoms. The van der Waals surface area contributed by atoms with Crippen LogP contribution in [0.1, 0.15) is 6.42 Å². The number of nitrogens with one attached hydrogen (secondary N) is 1. The zero-order chi connectivity index (χ0) is 21.3.